The third-order valence-corrected chi connectivity index (χ3v) is 3.99. The number of para-hydroxylation sites is 1. The number of nitrogens with zero attached hydrogens (tertiary/aromatic N) is 3. The smallest absolute Gasteiger partial charge is 0.113 e. The Hall–Kier alpha value is -3.46. The summed E-state index contributed by atoms with van der Waals surface area (Å²) in [5.74, 6) is 0. The van der Waals surface area contributed by atoms with E-state index >= 15 is 0 Å². The molecule has 4 rings (SSSR count). The van der Waals surface area contributed by atoms with Crippen molar-refractivity contribution in [3.05, 3.63) is 108 Å². The van der Waals surface area contributed by atoms with Gasteiger partial charge in [-0.25, -0.2) is 4.68 Å². The van der Waals surface area contributed by atoms with Crippen LogP contribution in [0.15, 0.2) is 97.1 Å². The first kappa shape index (κ1) is 15.1. The van der Waals surface area contributed by atoms with Crippen LogP contribution in [-0.4, -0.2) is 15.0 Å². The Morgan fingerprint density at radius 1 is 0.760 bits per heavy atom. The van der Waals surface area contributed by atoms with Gasteiger partial charge < -0.3 is 0 Å². The van der Waals surface area contributed by atoms with Crippen LogP contribution in [0.25, 0.3) is 22.8 Å². The van der Waals surface area contributed by atoms with E-state index in [1.54, 1.807) is 0 Å². The summed E-state index contributed by atoms with van der Waals surface area (Å²) >= 11 is 0. The molecule has 0 aliphatic heterocycles. The van der Waals surface area contributed by atoms with Crippen LogP contribution >= 0.6 is 0 Å². The minimum Gasteiger partial charge on any atom is -0.212 e. The van der Waals surface area contributed by atoms with Gasteiger partial charge in [0.2, 0.25) is 0 Å². The second-order valence-electron chi connectivity index (χ2n) is 5.68. The van der Waals surface area contributed by atoms with Gasteiger partial charge in [0.15, 0.2) is 0 Å². The van der Waals surface area contributed by atoms with Gasteiger partial charge in [0.1, 0.15) is 5.52 Å². The Balaban J connectivity index is 1.80. The molecule has 3 nitrogen and oxygen atoms in total. The molecule has 120 valence electrons. The molecule has 3 aromatic carbocycles. The molecule has 0 bridgehead atoms. The first-order valence-electron chi connectivity index (χ1n) is 8.21. The zero-order valence-electron chi connectivity index (χ0n) is 13.7. The fourth-order valence-electron chi connectivity index (χ4n) is 2.76. The zero-order chi connectivity index (χ0) is 16.9. The molecule has 0 aliphatic rings. The number of benzene rings is 3. The first-order valence-corrected chi connectivity index (χ1v) is 8.21. The van der Waals surface area contributed by atoms with Gasteiger partial charge in [0, 0.05) is 5.56 Å². The number of rotatable bonds is 4. The number of fused-ring (bicyclic) bond motifs is 1. The lowest BCUT2D eigenvalue weighted by atomic mass is 10.1. The van der Waals surface area contributed by atoms with Gasteiger partial charge >= 0.3 is 0 Å². The third-order valence-electron chi connectivity index (χ3n) is 3.99. The highest BCUT2D eigenvalue weighted by Crippen LogP contribution is 2.21. The van der Waals surface area contributed by atoms with E-state index in [2.05, 4.69) is 46.7 Å². The second-order valence-corrected chi connectivity index (χ2v) is 5.68. The van der Waals surface area contributed by atoms with Gasteiger partial charge in [-0.05, 0) is 23.8 Å². The van der Waals surface area contributed by atoms with E-state index in [1.165, 1.54) is 0 Å². The Labute approximate surface area is 146 Å². The van der Waals surface area contributed by atoms with Crippen molar-refractivity contribution in [1.29, 1.82) is 0 Å². The molecule has 0 spiro atoms. The average molecular weight is 323 g/mol. The van der Waals surface area contributed by atoms with Gasteiger partial charge in [-0.15, -0.1) is 5.10 Å². The SMILES string of the molecule is C(/C=C/c1ccccc1)=C(\c1ccccc1)n1nnc2ccccc21. The lowest BCUT2D eigenvalue weighted by molar-refractivity contribution is 0.841. The van der Waals surface area contributed by atoms with Crippen molar-refractivity contribution in [2.75, 3.05) is 0 Å². The molecule has 0 aliphatic carbocycles. The maximum atomic E-state index is 4.36. The first-order chi connectivity index (χ1) is 12.4. The minimum absolute atomic E-state index is 0.886. The predicted octanol–water partition coefficient (Wildman–Crippen LogP) is 5.03. The van der Waals surface area contributed by atoms with Crippen molar-refractivity contribution in [1.82, 2.24) is 15.0 Å². The van der Waals surface area contributed by atoms with Crippen molar-refractivity contribution in [2.24, 2.45) is 0 Å². The quantitative estimate of drug-likeness (QED) is 0.493. The Morgan fingerprint density at radius 3 is 2.24 bits per heavy atom. The fourth-order valence-corrected chi connectivity index (χ4v) is 2.76. The van der Waals surface area contributed by atoms with Crippen molar-refractivity contribution < 1.29 is 0 Å². The summed E-state index contributed by atoms with van der Waals surface area (Å²) in [6, 6.07) is 28.5. The highest BCUT2D eigenvalue weighted by molar-refractivity contribution is 5.81. The van der Waals surface area contributed by atoms with Gasteiger partial charge in [-0.1, -0.05) is 90.2 Å². The van der Waals surface area contributed by atoms with E-state index < -0.39 is 0 Å². The van der Waals surface area contributed by atoms with Gasteiger partial charge in [-0.3, -0.25) is 0 Å². The molecule has 0 fully saturated rings. The third kappa shape index (κ3) is 3.26. The van der Waals surface area contributed by atoms with E-state index in [0.29, 0.717) is 0 Å². The Morgan fingerprint density at radius 2 is 1.44 bits per heavy atom. The molecule has 0 radical (unpaired) electrons. The van der Waals surface area contributed by atoms with Gasteiger partial charge in [-0.2, -0.15) is 0 Å². The summed E-state index contributed by atoms with van der Waals surface area (Å²) in [5.41, 5.74) is 5.12. The topological polar surface area (TPSA) is 30.7 Å². The number of hydrogen-bond donors (Lipinski definition) is 0. The molecule has 0 saturated carbocycles. The lowest BCUT2D eigenvalue weighted by Crippen LogP contribution is -2.01. The van der Waals surface area contributed by atoms with E-state index in [0.717, 1.165) is 27.9 Å². The maximum Gasteiger partial charge on any atom is 0.113 e. The molecule has 0 unspecified atom stereocenters. The number of hydrogen-bond acceptors (Lipinski definition) is 2. The summed E-state index contributed by atoms with van der Waals surface area (Å²) in [6.45, 7) is 0. The summed E-state index contributed by atoms with van der Waals surface area (Å²) in [6.07, 6.45) is 6.21. The molecule has 0 atom stereocenters. The highest BCUT2D eigenvalue weighted by Gasteiger charge is 2.09. The molecule has 1 aromatic heterocycles. The van der Waals surface area contributed by atoms with Crippen LogP contribution in [0, 0.1) is 0 Å². The van der Waals surface area contributed by atoms with E-state index in [9.17, 15) is 0 Å². The zero-order valence-corrected chi connectivity index (χ0v) is 13.7. The summed E-state index contributed by atoms with van der Waals surface area (Å²) in [4.78, 5) is 0. The summed E-state index contributed by atoms with van der Waals surface area (Å²) in [7, 11) is 0. The van der Waals surface area contributed by atoms with Crippen LogP contribution in [0.1, 0.15) is 11.1 Å². The molecule has 0 saturated heterocycles. The maximum absolute atomic E-state index is 4.36. The average Bonchev–Trinajstić information content (AvgIpc) is 3.11. The van der Waals surface area contributed by atoms with Crippen LogP contribution in [0.3, 0.4) is 0 Å². The molecular formula is C22H17N3. The van der Waals surface area contributed by atoms with Crippen molar-refractivity contribution in [3.63, 3.8) is 0 Å². The molecular weight excluding hydrogens is 306 g/mol. The Kier molecular flexibility index (Phi) is 4.21. The monoisotopic (exact) mass is 323 g/mol. The van der Waals surface area contributed by atoms with E-state index in [-0.39, 0.29) is 0 Å². The molecule has 0 amide bonds. The largest absolute Gasteiger partial charge is 0.212 e. The number of allylic oxidation sites excluding steroid dienone is 2. The van der Waals surface area contributed by atoms with Gasteiger partial charge in [0.05, 0.1) is 11.2 Å². The molecule has 4 aromatic rings. The lowest BCUT2D eigenvalue weighted by Gasteiger charge is -2.08. The second kappa shape index (κ2) is 6.97. The summed E-state index contributed by atoms with van der Waals surface area (Å²) < 4.78 is 1.89. The summed E-state index contributed by atoms with van der Waals surface area (Å²) in [5, 5.41) is 8.64. The van der Waals surface area contributed by atoms with E-state index in [1.807, 2.05) is 71.4 Å². The molecule has 1 heterocycles. The van der Waals surface area contributed by atoms with Crippen LogP contribution in [0.4, 0.5) is 0 Å². The normalized spacial score (nSPS) is 12.1. The molecule has 0 N–H and O–H groups in total. The highest BCUT2D eigenvalue weighted by atomic mass is 15.4. The molecule has 3 heteroatoms. The van der Waals surface area contributed by atoms with Crippen molar-refractivity contribution >= 4 is 22.8 Å². The van der Waals surface area contributed by atoms with Crippen LogP contribution in [0.2, 0.25) is 0 Å². The van der Waals surface area contributed by atoms with Crippen LogP contribution < -0.4 is 0 Å². The fraction of sp³-hybridized carbons (Fsp3) is 0. The van der Waals surface area contributed by atoms with E-state index in [4.69, 9.17) is 0 Å². The molecule has 25 heavy (non-hydrogen) atoms. The van der Waals surface area contributed by atoms with Crippen LogP contribution in [-0.2, 0) is 0 Å². The number of aromatic nitrogens is 3. The van der Waals surface area contributed by atoms with Crippen LogP contribution in [0.5, 0.6) is 0 Å². The minimum atomic E-state index is 0.886. The standard InChI is InChI=1S/C22H17N3/c1-3-10-18(11-4-1)12-9-17-21(19-13-5-2-6-14-19)25-22-16-8-7-15-20(22)23-24-25/h1-17H/b12-9+,21-17-. The predicted molar refractivity (Wildman–Crippen MR) is 103 cm³/mol. The Bertz CT molecular complexity index is 1030. The van der Waals surface area contributed by atoms with Crippen molar-refractivity contribution in [2.45, 2.75) is 0 Å². The van der Waals surface area contributed by atoms with Gasteiger partial charge in [0.25, 0.3) is 0 Å². The van der Waals surface area contributed by atoms with Crippen molar-refractivity contribution in [3.8, 4) is 0 Å².